The van der Waals surface area contributed by atoms with Crippen LogP contribution >= 0.6 is 0 Å². The van der Waals surface area contributed by atoms with Gasteiger partial charge in [0.05, 0.1) is 122 Å². The number of rotatable bonds is 15. The van der Waals surface area contributed by atoms with Crippen LogP contribution in [0.15, 0.2) is 135 Å². The summed E-state index contributed by atoms with van der Waals surface area (Å²) in [7, 11) is 3.62. The van der Waals surface area contributed by atoms with Crippen molar-refractivity contribution in [2.24, 2.45) is 0 Å². The summed E-state index contributed by atoms with van der Waals surface area (Å²) in [5.74, 6) is -16.4. The molecular weight excluding hydrogens is 1370 g/mol. The van der Waals surface area contributed by atoms with Gasteiger partial charge in [-0.3, -0.25) is 43.2 Å². The SMILES string of the molecule is [2H]c1c([2H])c(C(=O)N2C([2H])([2H])C([2H])([2H])N(C(=O)C(=O)c3c[nH]c4c(-n5nc(C([2H])([2H])[2H])nc5[2H])ncc(OC)c34)C([2H])([2H])C2([2H])[2H])c([2H])c([2H])c1C.[2H]c1c([2H])c(C(=O)N2CCN(C(=O)C(=O)c3c[nH]c4c(-n5nc(C([2H])([2H])[2H])nc5[2H])ncc(OC)c34)CC2)c([2H])c([2H])c1C.[2H]c1nc(C([2H])([2H])[2H])nn1-c1ncc(OC)c2c(C(=O)C(=O)N3C([2H])([2H])C([2H])([2H])N(C(=O)c4ccccc4)C([2H])([2H])C3([2H])[2H])c[nH]c12. The maximum Gasteiger partial charge on any atom is 0.295 e. The van der Waals surface area contributed by atoms with Crippen molar-refractivity contribution >= 4 is 85.5 Å². The van der Waals surface area contributed by atoms with Crippen molar-refractivity contribution in [1.29, 1.82) is 0 Å². The predicted molar refractivity (Wildman–Crippen MR) is 386 cm³/mol. The molecule has 3 N–H and O–H groups in total. The van der Waals surface area contributed by atoms with E-state index in [0.717, 1.165) is 41.3 Å². The Morgan fingerprint density at radius 1 is 0.402 bits per heavy atom. The van der Waals surface area contributed by atoms with E-state index in [0.29, 0.717) is 4.68 Å². The van der Waals surface area contributed by atoms with E-state index in [1.165, 1.54) is 80.6 Å². The number of ketones is 3. The van der Waals surface area contributed by atoms with Crippen molar-refractivity contribution in [3.63, 3.8) is 0 Å². The molecule has 0 atom stereocenters. The van der Waals surface area contributed by atoms with E-state index in [1.54, 1.807) is 0 Å². The molecule has 33 nitrogen and oxygen atoms in total. The number of fused-ring (bicyclic) bond motifs is 3. The fourth-order valence-electron chi connectivity index (χ4n) is 10.4. The number of aryl methyl sites for hydroxylation is 3. The lowest BCUT2D eigenvalue weighted by Gasteiger charge is -2.34. The number of nitrogens with zero attached hydrogens (tertiary/aromatic N) is 18. The maximum atomic E-state index is 13.9. The second-order valence-electron chi connectivity index (χ2n) is 22.0. The van der Waals surface area contributed by atoms with Crippen molar-refractivity contribution in [1.82, 2.24) is 104 Å². The molecule has 33 heteroatoms. The Hall–Kier alpha value is -13.6. The van der Waals surface area contributed by atoms with Gasteiger partial charge in [-0.1, -0.05) is 53.5 Å². The van der Waals surface area contributed by atoms with Gasteiger partial charge in [0.15, 0.2) is 17.5 Å². The minimum absolute atomic E-state index is 0.0129. The smallest absolute Gasteiger partial charge is 0.295 e. The number of hydrogen-bond acceptors (Lipinski definition) is 21. The number of piperazine rings is 3. The number of pyridine rings is 3. The zero-order valence-corrected chi connectivity index (χ0v) is 55.6. The number of ether oxygens (including phenoxy) is 3. The van der Waals surface area contributed by atoms with Crippen LogP contribution in [0.5, 0.6) is 17.2 Å². The van der Waals surface area contributed by atoms with Crippen LogP contribution < -0.4 is 14.2 Å². The normalized spacial score (nSPS) is 22.8. The summed E-state index contributed by atoms with van der Waals surface area (Å²) in [6.07, 6.45) is 4.42. The van der Waals surface area contributed by atoms with Crippen LogP contribution in [0.2, 0.25) is 0 Å². The Labute approximate surface area is 660 Å². The van der Waals surface area contributed by atoms with E-state index in [-0.39, 0.29) is 138 Å². The Kier molecular flexibility index (Phi) is 11.5. The minimum atomic E-state index is -4.08. The fraction of sp³-hybridized carbons (Fsp3) is 0.270. The van der Waals surface area contributed by atoms with Gasteiger partial charge in [-0.15, -0.1) is 0 Å². The second-order valence-corrected chi connectivity index (χ2v) is 22.0. The van der Waals surface area contributed by atoms with E-state index in [4.69, 9.17) is 63.6 Å². The average Bonchev–Trinajstić information content (AvgIpc) is 1.38. The van der Waals surface area contributed by atoms with Crippen LogP contribution in [-0.4, -0.2) is 256 Å². The summed E-state index contributed by atoms with van der Waals surface area (Å²) in [4.78, 5) is 154. The molecule has 0 unspecified atom stereocenters. The van der Waals surface area contributed by atoms with E-state index >= 15 is 0 Å². The molecule has 3 fully saturated rings. The first-order chi connectivity index (χ1) is 66.0. The number of carbonyl (C=O) groups is 9. The summed E-state index contributed by atoms with van der Waals surface area (Å²) in [6, 6.07) is 1.50. The highest BCUT2D eigenvalue weighted by Crippen LogP contribution is 2.35. The molecule has 0 radical (unpaired) electrons. The molecule has 3 aliphatic rings. The average molecular weight is 1480 g/mol. The number of amides is 6. The van der Waals surface area contributed by atoms with Crippen LogP contribution in [0.4, 0.5) is 0 Å². The van der Waals surface area contributed by atoms with Gasteiger partial charge in [0.2, 0.25) is 0 Å². The van der Waals surface area contributed by atoms with Crippen molar-refractivity contribution in [3.05, 3.63) is 197 Å². The molecule has 3 saturated heterocycles. The largest absolute Gasteiger partial charge is 0.494 e. The Morgan fingerprint density at radius 3 is 1.04 bits per heavy atom. The molecule has 12 heterocycles. The molecule has 0 bridgehead atoms. The van der Waals surface area contributed by atoms with Crippen LogP contribution in [0.3, 0.4) is 0 Å². The lowest BCUT2D eigenvalue weighted by molar-refractivity contribution is -0.128. The maximum absolute atomic E-state index is 13.9. The molecule has 15 rings (SSSR count). The number of H-pyrrole nitrogens is 3. The molecule has 6 amide bonds. The minimum Gasteiger partial charge on any atom is -0.494 e. The third-order valence-electron chi connectivity index (χ3n) is 15.6. The molecular formula is C74H73N21O12. The topological polar surface area (TPSA) is 379 Å². The summed E-state index contributed by atoms with van der Waals surface area (Å²) in [5.41, 5.74) is -3.53. The van der Waals surface area contributed by atoms with E-state index < -0.39 is 229 Å². The van der Waals surface area contributed by atoms with Gasteiger partial charge >= 0.3 is 0 Å². The summed E-state index contributed by atoms with van der Waals surface area (Å²) in [6.45, 7) is -37.2. The number of aromatic nitrogens is 15. The summed E-state index contributed by atoms with van der Waals surface area (Å²) >= 11 is 0. The number of carbonyl (C=O) groups excluding carboxylic acids is 9. The number of aromatic amines is 3. The molecule has 12 aromatic rings. The third-order valence-corrected chi connectivity index (χ3v) is 15.6. The number of nitrogens with one attached hydrogen (secondary N) is 3. The van der Waals surface area contributed by atoms with Gasteiger partial charge in [-0.25, -0.2) is 43.9 Å². The highest BCUT2D eigenvalue weighted by Gasteiger charge is 2.36. The first-order valence-electron chi connectivity index (χ1n) is 48.7. The fourth-order valence-corrected chi connectivity index (χ4v) is 10.4. The molecule has 9 aromatic heterocycles. The second kappa shape index (κ2) is 30.8. The Bertz CT molecular complexity index is 7190. The van der Waals surface area contributed by atoms with Crippen LogP contribution in [-0.2, 0) is 14.4 Å². The first-order valence-corrected chi connectivity index (χ1v) is 30.7. The summed E-state index contributed by atoms with van der Waals surface area (Å²) < 4.78 is 312. The predicted octanol–water partition coefficient (Wildman–Crippen LogP) is 5.50. The molecule has 546 valence electrons. The van der Waals surface area contributed by atoms with Gasteiger partial charge in [0.1, 0.15) is 57.7 Å². The van der Waals surface area contributed by atoms with E-state index in [1.807, 2.05) is 0 Å². The van der Waals surface area contributed by atoms with Gasteiger partial charge in [-0.05, 0) is 70.7 Å². The molecule has 0 aliphatic carbocycles. The highest BCUT2D eigenvalue weighted by atomic mass is 16.5. The van der Waals surface area contributed by atoms with E-state index in [9.17, 15) is 43.2 Å². The van der Waals surface area contributed by atoms with Gasteiger partial charge in [0, 0.05) is 126 Å². The third kappa shape index (κ3) is 14.6. The quantitative estimate of drug-likeness (QED) is 0.0842. The molecule has 0 spiro atoms. The van der Waals surface area contributed by atoms with Crippen LogP contribution in [0, 0.1) is 34.4 Å². The monoisotopic (exact) mass is 1480 g/mol. The number of benzene rings is 3. The number of methoxy groups -OCH3 is 3. The lowest BCUT2D eigenvalue weighted by Crippen LogP contribution is -2.52. The molecule has 0 saturated carbocycles. The highest BCUT2D eigenvalue weighted by molar-refractivity contribution is 6.46. The first kappa shape index (κ1) is 39.9. The Balaban J connectivity index is 0.000000181. The zero-order chi connectivity index (χ0) is 107. The molecule has 107 heavy (non-hydrogen) atoms. The molecule has 3 aromatic carbocycles. The summed E-state index contributed by atoms with van der Waals surface area (Å²) in [5, 5.41) is 11.1. The zero-order valence-electron chi connectivity index (χ0n) is 91.6. The lowest BCUT2D eigenvalue weighted by atomic mass is 10.1. The van der Waals surface area contributed by atoms with Gasteiger partial charge < -0.3 is 58.6 Å². The standard InChI is InChI=1S/2C25H25N7O4.C24H23N7O4/c2*1-15-4-6-17(7-5-15)24(34)30-8-10-31(11-9-30)25(35)22(33)18-12-26-21-20(18)19(36-3)13-27-23(21)32-14-28-16(2)29-32;1-15-27-14-31(28-15)22-20-19(18(35-2)13-26-22)17(12-25-20)21(32)24(34)30-10-8-29(9-11-30)23(33)16-6-4-3-5-7-16/h2*4-7,12-14,26H,8-11H2,1-3H3;3-7,12-14,25H,8-11H2,1-2H3/i2D3,4D,5D,6D,7D,8D2,9D2,10D2,11D2,14D;2D3,4D,5D,6D,7D,14D;1D3,8D2,9D2,10D2,11D2,14D. The molecule has 3 aliphatic heterocycles. The van der Waals surface area contributed by atoms with Crippen molar-refractivity contribution in [3.8, 4) is 34.7 Å². The number of Topliss-reactive ketones (excluding diaryl/α,β-unsaturated/α-hetero) is 3. The van der Waals surface area contributed by atoms with Crippen molar-refractivity contribution in [2.75, 3.05) is 99.5 Å². The van der Waals surface area contributed by atoms with Crippen molar-refractivity contribution < 1.29 is 107 Å². The van der Waals surface area contributed by atoms with Crippen LogP contribution in [0.1, 0.15) is 140 Å². The van der Waals surface area contributed by atoms with E-state index in [2.05, 4.69) is 60.2 Å². The van der Waals surface area contributed by atoms with Gasteiger partial charge in [0.25, 0.3) is 52.8 Å². The van der Waals surface area contributed by atoms with Gasteiger partial charge in [-0.2, -0.15) is 15.3 Å². The number of hydrogen-bond donors (Lipinski definition) is 3. The van der Waals surface area contributed by atoms with Crippen LogP contribution in [0.25, 0.3) is 50.2 Å². The van der Waals surface area contributed by atoms with Crippen molar-refractivity contribution in [2.45, 2.75) is 34.4 Å². The Morgan fingerprint density at radius 2 is 0.710 bits per heavy atom.